The minimum Gasteiger partial charge on any atom is -0.408 e. The molecule has 0 aliphatic heterocycles. The minimum atomic E-state index is -0.462. The molecule has 0 aliphatic carbocycles. The molecule has 0 aliphatic rings. The van der Waals surface area contributed by atoms with E-state index in [9.17, 15) is 14.0 Å². The van der Waals surface area contributed by atoms with Crippen molar-refractivity contribution in [3.05, 3.63) is 60.0 Å². The highest BCUT2D eigenvalue weighted by Gasteiger charge is 2.22. The Balaban J connectivity index is 2.02. The number of carbonyl (C=O) groups excluding carboxylic acids is 2. The van der Waals surface area contributed by atoms with Gasteiger partial charge in [-0.2, -0.15) is 0 Å². The zero-order valence-electron chi connectivity index (χ0n) is 19.7. The number of hydrogen-bond donors (Lipinski definition) is 1. The van der Waals surface area contributed by atoms with Crippen LogP contribution in [0.1, 0.15) is 46.1 Å². The van der Waals surface area contributed by atoms with Gasteiger partial charge in [-0.05, 0) is 62.6 Å². The summed E-state index contributed by atoms with van der Waals surface area (Å²) in [6.45, 7) is 9.25. The fraction of sp³-hybridized carbons (Fsp3) is 0.385. The van der Waals surface area contributed by atoms with Crippen molar-refractivity contribution < 1.29 is 18.7 Å². The van der Waals surface area contributed by atoms with E-state index in [0.717, 1.165) is 16.5 Å². The highest BCUT2D eigenvalue weighted by Crippen LogP contribution is 2.35. The summed E-state index contributed by atoms with van der Waals surface area (Å²) < 4.78 is 21.3. The molecule has 1 aromatic heterocycles. The minimum absolute atomic E-state index is 0.106. The summed E-state index contributed by atoms with van der Waals surface area (Å²) >= 11 is 0. The average Bonchev–Trinajstić information content (AvgIpc) is 3.20. The Labute approximate surface area is 194 Å². The first-order chi connectivity index (χ1) is 15.9. The van der Waals surface area contributed by atoms with Gasteiger partial charge in [-0.25, -0.2) is 9.18 Å². The van der Waals surface area contributed by atoms with Gasteiger partial charge in [0.2, 0.25) is 5.91 Å². The largest absolute Gasteiger partial charge is 0.415 e. The third kappa shape index (κ3) is 5.53. The number of benzene rings is 2. The number of ether oxygens (including phenoxy) is 1. The molecule has 0 fully saturated rings. The van der Waals surface area contributed by atoms with Gasteiger partial charge in [0, 0.05) is 37.1 Å². The van der Waals surface area contributed by atoms with Crippen molar-refractivity contribution in [2.75, 3.05) is 18.4 Å². The summed E-state index contributed by atoms with van der Waals surface area (Å²) in [5.41, 5.74) is 2.15. The lowest BCUT2D eigenvalue weighted by Crippen LogP contribution is -2.33. The number of halogens is 1. The van der Waals surface area contributed by atoms with Crippen molar-refractivity contribution in [2.45, 2.75) is 47.1 Å². The van der Waals surface area contributed by atoms with Crippen molar-refractivity contribution in [1.29, 1.82) is 0 Å². The fourth-order valence-electron chi connectivity index (χ4n) is 3.96. The van der Waals surface area contributed by atoms with Crippen LogP contribution in [0.2, 0.25) is 0 Å². The molecule has 6 nitrogen and oxygen atoms in total. The second-order valence-electron chi connectivity index (χ2n) is 7.99. The molecule has 2 aromatic carbocycles. The summed E-state index contributed by atoms with van der Waals surface area (Å²) in [6, 6.07) is 11.9. The van der Waals surface area contributed by atoms with Crippen molar-refractivity contribution in [3.63, 3.8) is 0 Å². The van der Waals surface area contributed by atoms with Crippen LogP contribution in [0, 0.1) is 11.7 Å². The first-order valence-corrected chi connectivity index (χ1v) is 11.6. The van der Waals surface area contributed by atoms with E-state index in [2.05, 4.69) is 5.32 Å². The second kappa shape index (κ2) is 11.0. The smallest absolute Gasteiger partial charge is 0.408 e. The number of carbonyl (C=O) groups is 2. The van der Waals surface area contributed by atoms with Crippen LogP contribution in [0.15, 0.2) is 48.7 Å². The first-order valence-electron chi connectivity index (χ1n) is 11.6. The molecule has 2 amide bonds. The van der Waals surface area contributed by atoms with Gasteiger partial charge in [-0.1, -0.05) is 26.0 Å². The van der Waals surface area contributed by atoms with E-state index in [1.54, 1.807) is 17.0 Å². The van der Waals surface area contributed by atoms with Gasteiger partial charge < -0.3 is 19.5 Å². The van der Waals surface area contributed by atoms with E-state index < -0.39 is 6.09 Å². The van der Waals surface area contributed by atoms with Crippen LogP contribution in [0.25, 0.3) is 10.9 Å². The Morgan fingerprint density at radius 1 is 1.06 bits per heavy atom. The Kier molecular flexibility index (Phi) is 8.09. The van der Waals surface area contributed by atoms with Crippen molar-refractivity contribution in [2.24, 2.45) is 5.92 Å². The van der Waals surface area contributed by atoms with E-state index in [-0.39, 0.29) is 17.6 Å². The zero-order valence-corrected chi connectivity index (χ0v) is 19.7. The molecular formula is C26H32FN3O3. The van der Waals surface area contributed by atoms with Crippen LogP contribution in [0.5, 0.6) is 5.75 Å². The monoisotopic (exact) mass is 453 g/mol. The highest BCUT2D eigenvalue weighted by atomic mass is 19.1. The summed E-state index contributed by atoms with van der Waals surface area (Å²) in [4.78, 5) is 27.1. The topological polar surface area (TPSA) is 63.6 Å². The maximum atomic E-state index is 13.6. The summed E-state index contributed by atoms with van der Waals surface area (Å²) in [5.74, 6) is -0.221. The van der Waals surface area contributed by atoms with E-state index in [0.29, 0.717) is 43.9 Å². The van der Waals surface area contributed by atoms with Crippen LogP contribution >= 0.6 is 0 Å². The lowest BCUT2D eigenvalue weighted by Gasteiger charge is -2.21. The fourth-order valence-corrected chi connectivity index (χ4v) is 3.96. The van der Waals surface area contributed by atoms with Gasteiger partial charge in [0.05, 0.1) is 11.2 Å². The number of amides is 2. The molecule has 7 heteroatoms. The summed E-state index contributed by atoms with van der Waals surface area (Å²) in [6.07, 6.45) is 2.86. The van der Waals surface area contributed by atoms with E-state index in [1.807, 2.05) is 56.7 Å². The molecule has 0 saturated carbocycles. The van der Waals surface area contributed by atoms with Gasteiger partial charge in [0.25, 0.3) is 0 Å². The molecule has 0 bridgehead atoms. The van der Waals surface area contributed by atoms with Crippen LogP contribution in [-0.4, -0.2) is 34.6 Å². The molecule has 3 aromatic rings. The third-order valence-electron chi connectivity index (χ3n) is 5.98. The van der Waals surface area contributed by atoms with Crippen LogP contribution in [-0.2, 0) is 11.3 Å². The number of aromatic nitrogens is 1. The number of hydrogen-bond acceptors (Lipinski definition) is 3. The predicted octanol–water partition coefficient (Wildman–Crippen LogP) is 6.04. The average molecular weight is 454 g/mol. The van der Waals surface area contributed by atoms with Gasteiger partial charge in [0.15, 0.2) is 5.75 Å². The molecular weight excluding hydrogens is 421 g/mol. The first kappa shape index (κ1) is 24.3. The van der Waals surface area contributed by atoms with Gasteiger partial charge >= 0.3 is 6.09 Å². The molecule has 0 unspecified atom stereocenters. The highest BCUT2D eigenvalue weighted by molar-refractivity contribution is 6.05. The van der Waals surface area contributed by atoms with Crippen LogP contribution in [0.3, 0.4) is 0 Å². The molecule has 1 heterocycles. The van der Waals surface area contributed by atoms with Crippen LogP contribution in [0.4, 0.5) is 14.9 Å². The maximum Gasteiger partial charge on any atom is 0.415 e. The Bertz CT molecular complexity index is 1120. The maximum absolute atomic E-state index is 13.6. The van der Waals surface area contributed by atoms with E-state index in [4.69, 9.17) is 4.74 Å². The normalized spacial score (nSPS) is 11.1. The molecule has 176 valence electrons. The number of anilines is 1. The molecule has 0 spiro atoms. The molecule has 0 saturated heterocycles. The second-order valence-corrected chi connectivity index (χ2v) is 7.99. The summed E-state index contributed by atoms with van der Waals surface area (Å²) in [7, 11) is 0. The predicted molar refractivity (Wildman–Crippen MR) is 129 cm³/mol. The SMILES string of the molecule is CCC(CC)C(=O)Nc1c(OC(=O)N(CC)CC)ccc2c1ccn2Cc1cccc(F)c1. The Morgan fingerprint density at radius 2 is 1.79 bits per heavy atom. The van der Waals surface area contributed by atoms with E-state index >= 15 is 0 Å². The molecule has 33 heavy (non-hydrogen) atoms. The number of nitrogens with zero attached hydrogens (tertiary/aromatic N) is 2. The van der Waals surface area contributed by atoms with Crippen molar-refractivity contribution in [3.8, 4) is 5.75 Å². The molecule has 3 rings (SSSR count). The van der Waals surface area contributed by atoms with Crippen molar-refractivity contribution >= 4 is 28.6 Å². The molecule has 1 N–H and O–H groups in total. The van der Waals surface area contributed by atoms with Crippen LogP contribution < -0.4 is 10.1 Å². The van der Waals surface area contributed by atoms with Gasteiger partial charge in [0.1, 0.15) is 5.82 Å². The Morgan fingerprint density at radius 3 is 2.42 bits per heavy atom. The zero-order chi connectivity index (χ0) is 24.0. The van der Waals surface area contributed by atoms with Gasteiger partial charge in [-0.3, -0.25) is 4.79 Å². The summed E-state index contributed by atoms with van der Waals surface area (Å²) in [5, 5.41) is 3.77. The lowest BCUT2D eigenvalue weighted by atomic mass is 10.0. The number of nitrogens with one attached hydrogen (secondary N) is 1. The molecule has 0 radical (unpaired) electrons. The van der Waals surface area contributed by atoms with Gasteiger partial charge in [-0.15, -0.1) is 0 Å². The standard InChI is InChI=1S/C26H32FN3O3/c1-5-19(6-2)25(31)28-24-21-14-15-30(17-18-10-9-11-20(27)16-18)22(21)12-13-23(24)33-26(32)29(7-3)8-4/h9-16,19H,5-8,17H2,1-4H3,(H,28,31). The van der Waals surface area contributed by atoms with E-state index in [1.165, 1.54) is 12.1 Å². The number of fused-ring (bicyclic) bond motifs is 1. The number of rotatable bonds is 9. The third-order valence-corrected chi connectivity index (χ3v) is 5.98. The van der Waals surface area contributed by atoms with Crippen molar-refractivity contribution in [1.82, 2.24) is 9.47 Å². The quantitative estimate of drug-likeness (QED) is 0.429. The lowest BCUT2D eigenvalue weighted by molar-refractivity contribution is -0.120. The molecule has 0 atom stereocenters. The Hall–Kier alpha value is -3.35.